The van der Waals surface area contributed by atoms with Crippen LogP contribution in [-0.4, -0.2) is 87.2 Å². The Bertz CT molecular complexity index is 1730. The van der Waals surface area contributed by atoms with E-state index in [2.05, 4.69) is 41.8 Å². The van der Waals surface area contributed by atoms with Gasteiger partial charge in [-0.3, -0.25) is 4.79 Å². The van der Waals surface area contributed by atoms with Gasteiger partial charge < -0.3 is 35.2 Å². The number of benzene rings is 2. The molecule has 10 nitrogen and oxygen atoms in total. The fourth-order valence-electron chi connectivity index (χ4n) is 5.77. The van der Waals surface area contributed by atoms with E-state index >= 15 is 0 Å². The molecule has 3 N–H and O–H groups in total. The molecule has 4 aromatic rings. The van der Waals surface area contributed by atoms with E-state index in [4.69, 9.17) is 32.7 Å². The third kappa shape index (κ3) is 9.48. The number of fused-ring (bicyclic) bond motifs is 1. The lowest BCUT2D eigenvalue weighted by atomic mass is 9.95. The van der Waals surface area contributed by atoms with Gasteiger partial charge in [0.2, 0.25) is 11.8 Å². The standard InChI is InChI=1S/C37H45Cl2N7O3/c1-45(2)18-16-40-21-24-12-15-33(42-22-24)43-35(47)30-11-7-10-29(34(30)39)26-8-6-9-28-27(26)13-14-32(28)49-37-31(38)20-25(36(44-37)48-5)23-41-17-19-46(3)4/h6-12,15,20,22,32,40-41H,13-14,16-19,21,23H2,1-5H3,(H,42,43,47)/t32-/m0/s1. The van der Waals surface area contributed by atoms with Crippen LogP contribution in [0.1, 0.15) is 45.1 Å². The van der Waals surface area contributed by atoms with Crippen molar-refractivity contribution in [2.45, 2.75) is 32.0 Å². The number of hydrogen-bond acceptors (Lipinski definition) is 9. The Kier molecular flexibility index (Phi) is 12.9. The number of pyridine rings is 2. The molecule has 0 aliphatic heterocycles. The summed E-state index contributed by atoms with van der Waals surface area (Å²) in [6, 6.07) is 17.2. The summed E-state index contributed by atoms with van der Waals surface area (Å²) in [5, 5.41) is 10.5. The number of carbonyl (C=O) groups excluding carboxylic acids is 1. The van der Waals surface area contributed by atoms with Gasteiger partial charge in [-0.2, -0.15) is 4.98 Å². The van der Waals surface area contributed by atoms with Gasteiger partial charge in [0, 0.05) is 56.6 Å². The summed E-state index contributed by atoms with van der Waals surface area (Å²) < 4.78 is 12.0. The van der Waals surface area contributed by atoms with Crippen molar-refractivity contribution in [1.29, 1.82) is 0 Å². The quantitative estimate of drug-likeness (QED) is 0.120. The number of rotatable bonds is 16. The van der Waals surface area contributed by atoms with Crippen molar-refractivity contribution in [3.8, 4) is 22.9 Å². The van der Waals surface area contributed by atoms with Crippen molar-refractivity contribution < 1.29 is 14.3 Å². The number of carbonyl (C=O) groups is 1. The van der Waals surface area contributed by atoms with Crippen LogP contribution in [0.3, 0.4) is 0 Å². The van der Waals surface area contributed by atoms with Gasteiger partial charge in [0.05, 0.1) is 17.7 Å². The maximum atomic E-state index is 13.4. The topological polar surface area (TPSA) is 104 Å². The van der Waals surface area contributed by atoms with Gasteiger partial charge in [0.15, 0.2) is 0 Å². The van der Waals surface area contributed by atoms with Crippen molar-refractivity contribution in [3.05, 3.63) is 98.7 Å². The zero-order valence-corrected chi connectivity index (χ0v) is 30.3. The molecule has 5 rings (SSSR count). The van der Waals surface area contributed by atoms with E-state index in [9.17, 15) is 4.79 Å². The van der Waals surface area contributed by atoms with E-state index in [0.717, 1.165) is 72.4 Å². The SMILES string of the molecule is COc1nc(O[C@H]2CCc3c(-c4cccc(C(=O)Nc5ccc(CNCCN(C)C)cn5)c4Cl)cccc32)c(Cl)cc1CNCCN(C)C. The van der Waals surface area contributed by atoms with Gasteiger partial charge in [-0.15, -0.1) is 0 Å². The number of hydrogen-bond donors (Lipinski definition) is 3. The third-order valence-electron chi connectivity index (χ3n) is 8.36. The molecule has 2 aromatic heterocycles. The van der Waals surface area contributed by atoms with Crippen molar-refractivity contribution in [2.24, 2.45) is 0 Å². The van der Waals surface area contributed by atoms with Crippen molar-refractivity contribution in [2.75, 3.05) is 66.8 Å². The zero-order chi connectivity index (χ0) is 34.9. The maximum Gasteiger partial charge on any atom is 0.258 e. The monoisotopic (exact) mass is 705 g/mol. The number of nitrogens with one attached hydrogen (secondary N) is 3. The first-order valence-corrected chi connectivity index (χ1v) is 17.2. The Morgan fingerprint density at radius 3 is 2.33 bits per heavy atom. The molecule has 1 atom stereocenters. The summed E-state index contributed by atoms with van der Waals surface area (Å²) >= 11 is 13.6. The molecule has 2 heterocycles. The van der Waals surface area contributed by atoms with Gasteiger partial charge >= 0.3 is 0 Å². The highest BCUT2D eigenvalue weighted by Crippen LogP contribution is 2.43. The van der Waals surface area contributed by atoms with E-state index in [-0.39, 0.29) is 12.0 Å². The van der Waals surface area contributed by atoms with E-state index < -0.39 is 0 Å². The average Bonchev–Trinajstić information content (AvgIpc) is 3.49. The number of aromatic nitrogens is 2. The third-order valence-corrected chi connectivity index (χ3v) is 9.04. The van der Waals surface area contributed by atoms with E-state index in [0.29, 0.717) is 46.3 Å². The molecule has 0 spiro atoms. The number of ether oxygens (including phenoxy) is 2. The van der Waals surface area contributed by atoms with E-state index in [1.807, 2.05) is 64.6 Å². The molecule has 0 bridgehead atoms. The number of nitrogens with zero attached hydrogens (tertiary/aromatic N) is 4. The molecule has 12 heteroatoms. The summed E-state index contributed by atoms with van der Waals surface area (Å²) in [4.78, 5) is 26.7. The Balaban J connectivity index is 1.28. The molecule has 0 fully saturated rings. The van der Waals surface area contributed by atoms with Gasteiger partial charge in [0.1, 0.15) is 16.9 Å². The average molecular weight is 707 g/mol. The van der Waals surface area contributed by atoms with Crippen LogP contribution in [0, 0.1) is 0 Å². The number of amides is 1. The smallest absolute Gasteiger partial charge is 0.258 e. The second-order valence-electron chi connectivity index (χ2n) is 12.6. The first-order chi connectivity index (χ1) is 23.6. The molecule has 0 saturated heterocycles. The fourth-order valence-corrected chi connectivity index (χ4v) is 6.30. The Labute approximate surface area is 299 Å². The molecule has 0 unspecified atom stereocenters. The summed E-state index contributed by atoms with van der Waals surface area (Å²) in [5.41, 5.74) is 6.17. The second kappa shape index (κ2) is 17.2. The predicted molar refractivity (Wildman–Crippen MR) is 197 cm³/mol. The van der Waals surface area contributed by atoms with Crippen LogP contribution in [0.25, 0.3) is 11.1 Å². The van der Waals surface area contributed by atoms with Crippen LogP contribution in [-0.2, 0) is 19.5 Å². The van der Waals surface area contributed by atoms with Crippen LogP contribution in [0.5, 0.6) is 11.8 Å². The molecule has 1 aliphatic rings. The molecule has 1 amide bonds. The maximum absolute atomic E-state index is 13.4. The fraction of sp³-hybridized carbons (Fsp3) is 0.378. The van der Waals surface area contributed by atoms with Crippen LogP contribution in [0.15, 0.2) is 60.8 Å². The van der Waals surface area contributed by atoms with Crippen LogP contribution < -0.4 is 25.4 Å². The number of likely N-dealkylation sites (N-methyl/N-ethyl adjacent to an activating group) is 2. The highest BCUT2D eigenvalue weighted by Gasteiger charge is 2.29. The molecular weight excluding hydrogens is 661 g/mol. The Morgan fingerprint density at radius 2 is 1.63 bits per heavy atom. The molecule has 1 aliphatic carbocycles. The Morgan fingerprint density at radius 1 is 0.918 bits per heavy atom. The van der Waals surface area contributed by atoms with E-state index in [1.165, 1.54) is 0 Å². The lowest BCUT2D eigenvalue weighted by molar-refractivity contribution is 0.102. The minimum absolute atomic E-state index is 0.254. The van der Waals surface area contributed by atoms with E-state index in [1.54, 1.807) is 25.4 Å². The Hall–Kier alpha value is -3.77. The highest BCUT2D eigenvalue weighted by molar-refractivity contribution is 6.37. The summed E-state index contributed by atoms with van der Waals surface area (Å²) in [6.45, 7) is 4.85. The minimum Gasteiger partial charge on any atom is -0.481 e. The largest absolute Gasteiger partial charge is 0.481 e. The summed E-state index contributed by atoms with van der Waals surface area (Å²) in [7, 11) is 9.75. The number of halogens is 2. The van der Waals surface area contributed by atoms with Crippen LogP contribution in [0.2, 0.25) is 10.0 Å². The first-order valence-electron chi connectivity index (χ1n) is 16.4. The molecule has 49 heavy (non-hydrogen) atoms. The molecule has 2 aromatic carbocycles. The number of methoxy groups -OCH3 is 1. The predicted octanol–water partition coefficient (Wildman–Crippen LogP) is 6.08. The van der Waals surface area contributed by atoms with Gasteiger partial charge in [-0.25, -0.2) is 4.98 Å². The molecule has 260 valence electrons. The van der Waals surface area contributed by atoms with Crippen molar-refractivity contribution in [3.63, 3.8) is 0 Å². The second-order valence-corrected chi connectivity index (χ2v) is 13.4. The van der Waals surface area contributed by atoms with Crippen molar-refractivity contribution in [1.82, 2.24) is 30.4 Å². The normalized spacial score (nSPS) is 13.9. The van der Waals surface area contributed by atoms with Crippen LogP contribution >= 0.6 is 23.2 Å². The minimum atomic E-state index is -0.323. The van der Waals surface area contributed by atoms with Crippen LogP contribution in [0.4, 0.5) is 5.82 Å². The lowest BCUT2D eigenvalue weighted by Gasteiger charge is -2.18. The zero-order valence-electron chi connectivity index (χ0n) is 28.8. The highest BCUT2D eigenvalue weighted by atomic mass is 35.5. The summed E-state index contributed by atoms with van der Waals surface area (Å²) in [5.74, 6) is 0.944. The van der Waals surface area contributed by atoms with Gasteiger partial charge in [-0.05, 0) is 81.5 Å². The number of anilines is 1. The molecule has 0 saturated carbocycles. The van der Waals surface area contributed by atoms with Crippen molar-refractivity contribution >= 4 is 34.9 Å². The summed E-state index contributed by atoms with van der Waals surface area (Å²) in [6.07, 6.45) is 3.02. The lowest BCUT2D eigenvalue weighted by Crippen LogP contribution is -2.26. The van der Waals surface area contributed by atoms with Gasteiger partial charge in [-0.1, -0.05) is 59.6 Å². The van der Waals surface area contributed by atoms with Gasteiger partial charge in [0.25, 0.3) is 5.91 Å². The molecular formula is C37H45Cl2N7O3. The molecule has 0 radical (unpaired) electrons. The first kappa shape index (κ1) is 36.5.